The van der Waals surface area contributed by atoms with Crippen molar-refractivity contribution in [3.8, 4) is 0 Å². The maximum Gasteiger partial charge on any atom is 0.269 e. The van der Waals surface area contributed by atoms with Crippen LogP contribution in [0.15, 0.2) is 36.3 Å². The van der Waals surface area contributed by atoms with Crippen molar-refractivity contribution in [3.05, 3.63) is 52.0 Å². The number of aliphatic hydroxyl groups is 3. The number of nitro groups is 1. The highest BCUT2D eigenvalue weighted by atomic mass is 16.6. The lowest BCUT2D eigenvalue weighted by Gasteiger charge is -2.30. The third-order valence-corrected chi connectivity index (χ3v) is 5.07. The minimum atomic E-state index is -1.28. The fourth-order valence-corrected chi connectivity index (χ4v) is 3.48. The smallest absolute Gasteiger partial charge is 0.269 e. The summed E-state index contributed by atoms with van der Waals surface area (Å²) in [5.41, 5.74) is 11.9. The maximum absolute atomic E-state index is 12.0. The quantitative estimate of drug-likeness (QED) is 0.247. The summed E-state index contributed by atoms with van der Waals surface area (Å²) in [5, 5.41) is 40.1. The van der Waals surface area contributed by atoms with Gasteiger partial charge in [0.05, 0.1) is 24.1 Å². The molecule has 0 aliphatic carbocycles. The van der Waals surface area contributed by atoms with Gasteiger partial charge in [-0.25, -0.2) is 0 Å². The van der Waals surface area contributed by atoms with Crippen LogP contribution in [0.25, 0.3) is 0 Å². The molecule has 0 bridgehead atoms. The van der Waals surface area contributed by atoms with Crippen LogP contribution in [0.2, 0.25) is 0 Å². The minimum Gasteiger partial charge on any atom is -0.394 e. The molecule has 1 unspecified atom stereocenters. The summed E-state index contributed by atoms with van der Waals surface area (Å²) in [6, 6.07) is 5.54. The average Bonchev–Trinajstić information content (AvgIpc) is 3.19. The van der Waals surface area contributed by atoms with E-state index < -0.39 is 47.9 Å². The topological polar surface area (TPSA) is 189 Å². The van der Waals surface area contributed by atoms with Crippen molar-refractivity contribution in [2.24, 2.45) is 11.5 Å². The molecule has 2 aliphatic rings. The van der Waals surface area contributed by atoms with Gasteiger partial charge in [-0.05, 0) is 5.56 Å². The molecule has 0 radical (unpaired) electrons. The van der Waals surface area contributed by atoms with E-state index in [1.54, 1.807) is 11.1 Å². The predicted molar refractivity (Wildman–Crippen MR) is 98.5 cm³/mol. The van der Waals surface area contributed by atoms with Gasteiger partial charge in [0.25, 0.3) is 5.69 Å². The molecule has 12 nitrogen and oxygen atoms in total. The maximum atomic E-state index is 12.0. The summed E-state index contributed by atoms with van der Waals surface area (Å²) >= 11 is 0. The molecular formula is C17H23N5O7. The van der Waals surface area contributed by atoms with Crippen LogP contribution in [0, 0.1) is 10.1 Å². The first-order valence-electron chi connectivity index (χ1n) is 8.87. The number of ether oxygens (including phenoxy) is 1. The first-order valence-corrected chi connectivity index (χ1v) is 8.87. The lowest BCUT2D eigenvalue weighted by Crippen LogP contribution is -2.46. The van der Waals surface area contributed by atoms with Crippen molar-refractivity contribution in [2.45, 2.75) is 30.5 Å². The fourth-order valence-electron chi connectivity index (χ4n) is 3.48. The van der Waals surface area contributed by atoms with Crippen molar-refractivity contribution in [2.75, 3.05) is 19.8 Å². The Morgan fingerprint density at radius 1 is 1.31 bits per heavy atom. The van der Waals surface area contributed by atoms with Gasteiger partial charge in [-0.15, -0.1) is 0 Å². The molecule has 1 aromatic carbocycles. The van der Waals surface area contributed by atoms with E-state index in [4.69, 9.17) is 16.2 Å². The van der Waals surface area contributed by atoms with Crippen LogP contribution in [-0.4, -0.2) is 80.3 Å². The Kier molecular flexibility index (Phi) is 5.88. The van der Waals surface area contributed by atoms with Gasteiger partial charge in [0.15, 0.2) is 6.23 Å². The number of nitro benzene ring substituents is 1. The fraction of sp³-hybridized carbons (Fsp3) is 0.471. The van der Waals surface area contributed by atoms with Gasteiger partial charge in [-0.1, -0.05) is 12.1 Å². The lowest BCUT2D eigenvalue weighted by molar-refractivity contribution is -0.384. The summed E-state index contributed by atoms with van der Waals surface area (Å²) in [6.07, 6.45) is -2.88. The number of non-ortho nitro benzene ring substituents is 1. The van der Waals surface area contributed by atoms with Crippen LogP contribution in [-0.2, 0) is 9.53 Å². The highest BCUT2D eigenvalue weighted by molar-refractivity contribution is 5.82. The molecule has 1 amide bonds. The molecule has 1 saturated heterocycles. The molecule has 3 rings (SSSR count). The molecule has 0 aromatic heterocycles. The number of benzene rings is 1. The Bertz CT molecular complexity index is 802. The van der Waals surface area contributed by atoms with Crippen molar-refractivity contribution >= 4 is 11.6 Å². The Balaban J connectivity index is 1.71. The monoisotopic (exact) mass is 409 g/mol. The zero-order chi connectivity index (χ0) is 21.3. The molecule has 1 fully saturated rings. The van der Waals surface area contributed by atoms with Crippen LogP contribution in [0.5, 0.6) is 0 Å². The number of primary amides is 1. The Hall–Kier alpha value is -2.93. The molecule has 29 heavy (non-hydrogen) atoms. The predicted octanol–water partition coefficient (Wildman–Crippen LogP) is -2.06. The first kappa shape index (κ1) is 20.8. The molecule has 2 heterocycles. The summed E-state index contributed by atoms with van der Waals surface area (Å²) in [6.45, 7) is -0.172. The SMILES string of the molecule is NC(=O)C(CN1C=C(N)N([C@@H]2O[C@H](CO)[C@@H](O)[C@H]2O)C1)c1ccc([N+](=O)[O-])cc1. The molecule has 5 atom stereocenters. The highest BCUT2D eigenvalue weighted by Gasteiger charge is 2.46. The molecule has 158 valence electrons. The number of rotatable bonds is 7. The summed E-state index contributed by atoms with van der Waals surface area (Å²) in [5.74, 6) is -1.13. The van der Waals surface area contributed by atoms with Crippen LogP contribution in [0.4, 0.5) is 5.69 Å². The van der Waals surface area contributed by atoms with Crippen molar-refractivity contribution in [1.82, 2.24) is 9.80 Å². The molecule has 12 heteroatoms. The van der Waals surface area contributed by atoms with Crippen LogP contribution in [0.3, 0.4) is 0 Å². The normalized spacial score (nSPS) is 27.8. The number of nitrogens with zero attached hydrogens (tertiary/aromatic N) is 3. The van der Waals surface area contributed by atoms with E-state index in [1.165, 1.54) is 29.2 Å². The van der Waals surface area contributed by atoms with Gasteiger partial charge in [0.1, 0.15) is 24.1 Å². The van der Waals surface area contributed by atoms with Gasteiger partial charge >= 0.3 is 0 Å². The largest absolute Gasteiger partial charge is 0.394 e. The number of carbonyl (C=O) groups is 1. The standard InChI is InChI=1S/C17H23N5O7/c18-13-6-20(8-21(13)17-15(25)14(24)12(7-23)29-17)5-11(16(19)26)9-1-3-10(4-2-9)22(27)28/h1-4,6,11-12,14-15,17,23-25H,5,7-8,18H2,(H2,19,26)/t11?,12-,14-,15-,17-/m1/s1. The summed E-state index contributed by atoms with van der Waals surface area (Å²) in [7, 11) is 0. The van der Waals surface area contributed by atoms with Crippen molar-refractivity contribution < 1.29 is 29.8 Å². The molecular weight excluding hydrogens is 386 g/mol. The second-order valence-corrected chi connectivity index (χ2v) is 6.97. The van der Waals surface area contributed by atoms with Gasteiger partial charge in [-0.3, -0.25) is 14.9 Å². The van der Waals surface area contributed by atoms with Crippen LogP contribution < -0.4 is 11.5 Å². The van der Waals surface area contributed by atoms with E-state index in [0.717, 1.165) is 0 Å². The minimum absolute atomic E-state index is 0.0992. The van der Waals surface area contributed by atoms with Crippen molar-refractivity contribution in [1.29, 1.82) is 0 Å². The number of carbonyl (C=O) groups excluding carboxylic acids is 1. The summed E-state index contributed by atoms with van der Waals surface area (Å²) in [4.78, 5) is 25.4. The number of hydrogen-bond acceptors (Lipinski definition) is 10. The Morgan fingerprint density at radius 2 is 1.97 bits per heavy atom. The van der Waals surface area contributed by atoms with E-state index in [9.17, 15) is 30.2 Å². The molecule has 0 spiro atoms. The first-order chi connectivity index (χ1) is 13.7. The second kappa shape index (κ2) is 8.21. The Morgan fingerprint density at radius 3 is 2.48 bits per heavy atom. The van der Waals surface area contributed by atoms with Crippen molar-refractivity contribution in [3.63, 3.8) is 0 Å². The molecule has 7 N–H and O–H groups in total. The number of hydrogen-bond donors (Lipinski definition) is 5. The summed E-state index contributed by atoms with van der Waals surface area (Å²) < 4.78 is 5.48. The van der Waals surface area contributed by atoms with Crippen LogP contribution >= 0.6 is 0 Å². The van der Waals surface area contributed by atoms with E-state index in [0.29, 0.717) is 5.56 Å². The zero-order valence-electron chi connectivity index (χ0n) is 15.4. The molecule has 0 saturated carbocycles. The highest BCUT2D eigenvalue weighted by Crippen LogP contribution is 2.29. The Labute approximate surface area is 165 Å². The van der Waals surface area contributed by atoms with Gasteiger partial charge < -0.3 is 41.3 Å². The van der Waals surface area contributed by atoms with E-state index in [2.05, 4.69) is 0 Å². The number of amides is 1. The van der Waals surface area contributed by atoms with E-state index in [1.807, 2.05) is 0 Å². The van der Waals surface area contributed by atoms with Crippen LogP contribution in [0.1, 0.15) is 11.5 Å². The zero-order valence-corrected chi connectivity index (χ0v) is 15.4. The number of aliphatic hydroxyl groups excluding tert-OH is 3. The molecule has 1 aromatic rings. The van der Waals surface area contributed by atoms with E-state index in [-0.39, 0.29) is 24.7 Å². The second-order valence-electron chi connectivity index (χ2n) is 6.97. The number of nitrogens with two attached hydrogens (primary N) is 2. The van der Waals surface area contributed by atoms with E-state index >= 15 is 0 Å². The average molecular weight is 409 g/mol. The van der Waals surface area contributed by atoms with Gasteiger partial charge in [0.2, 0.25) is 5.91 Å². The van der Waals surface area contributed by atoms with Gasteiger partial charge in [0, 0.05) is 24.9 Å². The lowest BCUT2D eigenvalue weighted by atomic mass is 9.97. The molecule has 2 aliphatic heterocycles. The third kappa shape index (κ3) is 4.10. The third-order valence-electron chi connectivity index (χ3n) is 5.07. The van der Waals surface area contributed by atoms with Gasteiger partial charge in [-0.2, -0.15) is 0 Å².